The lowest BCUT2D eigenvalue weighted by molar-refractivity contribution is -0.138. The first-order chi connectivity index (χ1) is 7.66. The Morgan fingerprint density at radius 3 is 2.29 bits per heavy atom. The van der Waals surface area contributed by atoms with E-state index in [4.69, 9.17) is 10.8 Å². The van der Waals surface area contributed by atoms with Crippen molar-refractivity contribution in [1.82, 2.24) is 0 Å². The number of nitrogens with two attached hydrogens (primary N) is 1. The summed E-state index contributed by atoms with van der Waals surface area (Å²) in [6, 6.07) is -0.0374. The Kier molecular flexibility index (Phi) is 3.33. The molecule has 0 aromatic heterocycles. The number of rotatable bonds is 2. The summed E-state index contributed by atoms with van der Waals surface area (Å²) in [6.07, 6.45) is -4.81. The van der Waals surface area contributed by atoms with E-state index in [2.05, 4.69) is 0 Å². The minimum atomic E-state index is -4.81. The van der Waals surface area contributed by atoms with E-state index in [1.807, 2.05) is 0 Å². The third kappa shape index (κ3) is 2.50. The van der Waals surface area contributed by atoms with Crippen LogP contribution in [0, 0.1) is 0 Å². The maximum Gasteiger partial charge on any atom is 0.417 e. The maximum absolute atomic E-state index is 12.6. The quantitative estimate of drug-likeness (QED) is 0.549. The van der Waals surface area contributed by atoms with Crippen molar-refractivity contribution in [3.05, 3.63) is 23.3 Å². The van der Waals surface area contributed by atoms with Gasteiger partial charge in [0, 0.05) is 0 Å². The number of hydrogen-bond donors (Lipinski definition) is 3. The molecule has 94 valence electrons. The van der Waals surface area contributed by atoms with Crippen LogP contribution >= 0.6 is 0 Å². The molecule has 0 heterocycles. The van der Waals surface area contributed by atoms with Crippen LogP contribution < -0.4 is 5.73 Å². The number of halogens is 3. The van der Waals surface area contributed by atoms with Gasteiger partial charge >= 0.3 is 6.18 Å². The smallest absolute Gasteiger partial charge is 0.417 e. The minimum Gasteiger partial charge on any atom is -0.504 e. The number of phenols is 2. The van der Waals surface area contributed by atoms with Crippen LogP contribution in [0.5, 0.6) is 11.5 Å². The molecule has 1 rings (SSSR count). The van der Waals surface area contributed by atoms with Gasteiger partial charge in [-0.25, -0.2) is 0 Å². The molecule has 17 heavy (non-hydrogen) atoms. The number of Topliss-reactive ketones (excluding diaryl/α,β-unsaturated/α-hetero) is 1. The Labute approximate surface area is 94.5 Å². The lowest BCUT2D eigenvalue weighted by Crippen LogP contribution is -2.29. The number of benzene rings is 1. The Balaban J connectivity index is 3.53. The van der Waals surface area contributed by atoms with Gasteiger partial charge in [-0.05, 0) is 19.1 Å². The Morgan fingerprint density at radius 1 is 1.35 bits per heavy atom. The van der Waals surface area contributed by atoms with E-state index in [1.54, 1.807) is 0 Å². The summed E-state index contributed by atoms with van der Waals surface area (Å²) >= 11 is 0. The summed E-state index contributed by atoms with van der Waals surface area (Å²) in [6.45, 7) is 1.19. The van der Waals surface area contributed by atoms with Gasteiger partial charge < -0.3 is 15.9 Å². The van der Waals surface area contributed by atoms with Gasteiger partial charge in [0.2, 0.25) is 0 Å². The highest BCUT2D eigenvalue weighted by molar-refractivity contribution is 6.04. The van der Waals surface area contributed by atoms with E-state index >= 15 is 0 Å². The van der Waals surface area contributed by atoms with Gasteiger partial charge in [-0.15, -0.1) is 0 Å². The second kappa shape index (κ2) is 4.25. The topological polar surface area (TPSA) is 83.6 Å². The molecule has 1 aromatic carbocycles. The van der Waals surface area contributed by atoms with Crippen molar-refractivity contribution in [2.24, 2.45) is 5.73 Å². The standard InChI is InChI=1S/C10H10F3NO3/c1-4(14)8(16)7-5(10(11,12)13)2-3-6(15)9(7)17/h2-4,15,17H,14H2,1H3. The van der Waals surface area contributed by atoms with Gasteiger partial charge in [-0.1, -0.05) is 0 Å². The van der Waals surface area contributed by atoms with E-state index in [0.717, 1.165) is 0 Å². The molecule has 0 saturated heterocycles. The van der Waals surface area contributed by atoms with Gasteiger partial charge in [0.05, 0.1) is 17.2 Å². The molecule has 0 bridgehead atoms. The molecule has 0 spiro atoms. The number of hydrogen-bond acceptors (Lipinski definition) is 4. The molecule has 0 aliphatic rings. The molecule has 1 unspecified atom stereocenters. The van der Waals surface area contributed by atoms with Crippen LogP contribution in [-0.4, -0.2) is 22.0 Å². The summed E-state index contributed by atoms with van der Waals surface area (Å²) in [5.74, 6) is -3.00. The molecular weight excluding hydrogens is 239 g/mol. The highest BCUT2D eigenvalue weighted by Crippen LogP contribution is 2.40. The molecule has 0 fully saturated rings. The van der Waals surface area contributed by atoms with Crippen molar-refractivity contribution < 1.29 is 28.2 Å². The summed E-state index contributed by atoms with van der Waals surface area (Å²) in [5.41, 5.74) is 2.86. The average Bonchev–Trinajstić information content (AvgIpc) is 2.19. The largest absolute Gasteiger partial charge is 0.504 e. The van der Waals surface area contributed by atoms with E-state index in [9.17, 15) is 23.1 Å². The summed E-state index contributed by atoms with van der Waals surface area (Å²) in [4.78, 5) is 11.5. The van der Waals surface area contributed by atoms with Crippen molar-refractivity contribution in [1.29, 1.82) is 0 Å². The van der Waals surface area contributed by atoms with Crippen molar-refractivity contribution in [3.63, 3.8) is 0 Å². The summed E-state index contributed by atoms with van der Waals surface area (Å²) < 4.78 is 37.8. The molecule has 1 atom stereocenters. The van der Waals surface area contributed by atoms with Crippen LogP contribution in [0.1, 0.15) is 22.8 Å². The fraction of sp³-hybridized carbons (Fsp3) is 0.300. The predicted octanol–water partition coefficient (Wildman–Crippen LogP) is 1.65. The van der Waals surface area contributed by atoms with Crippen molar-refractivity contribution in [3.8, 4) is 11.5 Å². The van der Waals surface area contributed by atoms with E-state index in [-0.39, 0.29) is 0 Å². The van der Waals surface area contributed by atoms with E-state index in [0.29, 0.717) is 12.1 Å². The van der Waals surface area contributed by atoms with Crippen LogP contribution in [0.25, 0.3) is 0 Å². The zero-order chi connectivity index (χ0) is 13.4. The number of carbonyl (C=O) groups is 1. The van der Waals surface area contributed by atoms with Crippen molar-refractivity contribution in [2.75, 3.05) is 0 Å². The molecule has 0 aliphatic carbocycles. The summed E-state index contributed by atoms with van der Waals surface area (Å²) in [7, 11) is 0. The molecule has 0 radical (unpaired) electrons. The Bertz CT molecular complexity index is 455. The zero-order valence-corrected chi connectivity index (χ0v) is 8.75. The number of aromatic hydroxyl groups is 2. The molecule has 7 heteroatoms. The maximum atomic E-state index is 12.6. The number of alkyl halides is 3. The van der Waals surface area contributed by atoms with Gasteiger partial charge in [0.15, 0.2) is 17.3 Å². The third-order valence-electron chi connectivity index (χ3n) is 2.12. The number of ketones is 1. The van der Waals surface area contributed by atoms with Crippen LogP contribution in [0.4, 0.5) is 13.2 Å². The van der Waals surface area contributed by atoms with Crippen LogP contribution in [0.15, 0.2) is 12.1 Å². The molecule has 0 aliphatic heterocycles. The number of carbonyl (C=O) groups excluding carboxylic acids is 1. The first-order valence-corrected chi connectivity index (χ1v) is 4.58. The highest BCUT2D eigenvalue weighted by Gasteiger charge is 2.38. The fourth-order valence-corrected chi connectivity index (χ4v) is 1.29. The summed E-state index contributed by atoms with van der Waals surface area (Å²) in [5, 5.41) is 18.4. The SMILES string of the molecule is CC(N)C(=O)c1c(C(F)(F)F)ccc(O)c1O. The Morgan fingerprint density at radius 2 is 1.88 bits per heavy atom. The normalized spacial score (nSPS) is 13.5. The van der Waals surface area contributed by atoms with Crippen LogP contribution in [0.3, 0.4) is 0 Å². The first kappa shape index (κ1) is 13.3. The predicted molar refractivity (Wildman–Crippen MR) is 52.8 cm³/mol. The van der Waals surface area contributed by atoms with E-state index < -0.39 is 40.6 Å². The minimum absolute atomic E-state index is 0.519. The zero-order valence-electron chi connectivity index (χ0n) is 8.75. The van der Waals surface area contributed by atoms with Crippen molar-refractivity contribution >= 4 is 5.78 Å². The fourth-order valence-electron chi connectivity index (χ4n) is 1.29. The average molecular weight is 249 g/mol. The second-order valence-corrected chi connectivity index (χ2v) is 3.51. The highest BCUT2D eigenvalue weighted by atomic mass is 19.4. The monoisotopic (exact) mass is 249 g/mol. The molecule has 1 aromatic rings. The van der Waals surface area contributed by atoms with E-state index in [1.165, 1.54) is 6.92 Å². The van der Waals surface area contributed by atoms with Crippen LogP contribution in [0.2, 0.25) is 0 Å². The van der Waals surface area contributed by atoms with Gasteiger partial charge in [-0.3, -0.25) is 4.79 Å². The molecule has 0 amide bonds. The van der Waals surface area contributed by atoms with Gasteiger partial charge in [0.25, 0.3) is 0 Å². The molecule has 4 N–H and O–H groups in total. The third-order valence-corrected chi connectivity index (χ3v) is 2.12. The van der Waals surface area contributed by atoms with Gasteiger partial charge in [-0.2, -0.15) is 13.2 Å². The van der Waals surface area contributed by atoms with Crippen molar-refractivity contribution in [2.45, 2.75) is 19.1 Å². The second-order valence-electron chi connectivity index (χ2n) is 3.51. The molecule has 0 saturated carbocycles. The molecule has 4 nitrogen and oxygen atoms in total. The number of phenolic OH excluding ortho intramolecular Hbond substituents is 2. The first-order valence-electron chi connectivity index (χ1n) is 4.58. The Hall–Kier alpha value is -1.76. The van der Waals surface area contributed by atoms with Gasteiger partial charge in [0.1, 0.15) is 0 Å². The lowest BCUT2D eigenvalue weighted by atomic mass is 9.98. The molecular formula is C10H10F3NO3. The lowest BCUT2D eigenvalue weighted by Gasteiger charge is -2.15. The van der Waals surface area contributed by atoms with Crippen LogP contribution in [-0.2, 0) is 6.18 Å².